The third-order valence-electron chi connectivity index (χ3n) is 4.21. The third kappa shape index (κ3) is 18.8. The van der Waals surface area contributed by atoms with Crippen LogP contribution in [-0.2, 0) is 0 Å². The van der Waals surface area contributed by atoms with Gasteiger partial charge in [0.1, 0.15) is 0 Å². The Morgan fingerprint density at radius 3 is 0.947 bits per heavy atom. The molecule has 1 heteroatoms. The van der Waals surface area contributed by atoms with Gasteiger partial charge in [-0.25, -0.2) is 0 Å². The molecule has 0 aromatic carbocycles. The van der Waals surface area contributed by atoms with Crippen LogP contribution in [-0.4, -0.2) is 22.5 Å². The minimum atomic E-state index is 0.957. The van der Waals surface area contributed by atoms with Gasteiger partial charge in [0.15, 0.2) is 0 Å². The van der Waals surface area contributed by atoms with Crippen molar-refractivity contribution in [2.75, 3.05) is 0 Å². The first-order valence-corrected chi connectivity index (χ1v) is 13.5. The predicted octanol–water partition coefficient (Wildman–Crippen LogP) is 6.03. The normalized spacial score (nSPS) is 11.2. The van der Waals surface area contributed by atoms with Crippen molar-refractivity contribution in [3.63, 3.8) is 0 Å². The van der Waals surface area contributed by atoms with Crippen LogP contribution < -0.4 is 0 Å². The fourth-order valence-electron chi connectivity index (χ4n) is 2.80. The molecule has 19 heavy (non-hydrogen) atoms. The molecule has 0 fully saturated rings. The molecule has 0 aliphatic heterocycles. The summed E-state index contributed by atoms with van der Waals surface area (Å²) in [6, 6.07) is 0. The molecule has 0 N–H and O–H groups in total. The van der Waals surface area contributed by atoms with E-state index in [1.807, 2.05) is 0 Å². The summed E-state index contributed by atoms with van der Waals surface area (Å²) in [6.45, 7) is 2.30. The van der Waals surface area contributed by atoms with E-state index in [0.717, 1.165) is 22.5 Å². The second-order valence-electron chi connectivity index (χ2n) is 6.30. The fraction of sp³-hybridized carbons (Fsp3) is 1.00. The van der Waals surface area contributed by atoms with Gasteiger partial charge in [0, 0.05) is 0 Å². The Balaban J connectivity index is 2.88. The molecular formula is C18H40Sn. The van der Waals surface area contributed by atoms with Crippen LogP contribution in [0.3, 0.4) is 0 Å². The van der Waals surface area contributed by atoms with Crippen LogP contribution in [0, 0.1) is 0 Å². The maximum absolute atomic E-state index is 2.30. The molecule has 0 unspecified atom stereocenters. The van der Waals surface area contributed by atoms with Crippen molar-refractivity contribution in [2.45, 2.75) is 114 Å². The second-order valence-corrected chi connectivity index (χ2v) is 9.16. The van der Waals surface area contributed by atoms with E-state index in [1.54, 1.807) is 4.44 Å². The van der Waals surface area contributed by atoms with E-state index in [9.17, 15) is 0 Å². The van der Waals surface area contributed by atoms with Crippen LogP contribution in [0.4, 0.5) is 0 Å². The quantitative estimate of drug-likeness (QED) is 0.228. The first-order valence-electron chi connectivity index (χ1n) is 9.41. The predicted molar refractivity (Wildman–Crippen MR) is 94.3 cm³/mol. The average Bonchev–Trinajstić information content (AvgIpc) is 2.43. The molecule has 0 saturated carbocycles. The molecule has 0 bridgehead atoms. The van der Waals surface area contributed by atoms with Crippen molar-refractivity contribution in [3.8, 4) is 0 Å². The molecule has 0 aromatic heterocycles. The maximum atomic E-state index is 2.30. The van der Waals surface area contributed by atoms with Gasteiger partial charge in [-0.2, -0.15) is 0 Å². The van der Waals surface area contributed by atoms with Crippen LogP contribution in [0.1, 0.15) is 110 Å². The molecule has 0 heterocycles. The second kappa shape index (κ2) is 18.8. The molecule has 0 amide bonds. The van der Waals surface area contributed by atoms with E-state index in [1.165, 1.54) is 103 Å². The molecule has 0 aliphatic rings. The van der Waals surface area contributed by atoms with Crippen LogP contribution in [0.2, 0.25) is 4.44 Å². The molecule has 0 nitrogen and oxygen atoms in total. The van der Waals surface area contributed by atoms with E-state index in [2.05, 4.69) is 6.92 Å². The molecule has 116 valence electrons. The summed E-state index contributed by atoms with van der Waals surface area (Å²) in [5.41, 5.74) is 0. The Hall–Kier alpha value is 0.799. The van der Waals surface area contributed by atoms with Crippen molar-refractivity contribution in [3.05, 3.63) is 0 Å². The SMILES string of the molecule is CCCCCCCCCCCCCCCCC[CH2][SnH3]. The van der Waals surface area contributed by atoms with Gasteiger partial charge in [-0.05, 0) is 0 Å². The van der Waals surface area contributed by atoms with Crippen LogP contribution in [0.15, 0.2) is 0 Å². The van der Waals surface area contributed by atoms with E-state index in [-0.39, 0.29) is 0 Å². The van der Waals surface area contributed by atoms with Gasteiger partial charge in [-0.3, -0.25) is 0 Å². The van der Waals surface area contributed by atoms with Crippen molar-refractivity contribution in [1.29, 1.82) is 0 Å². The summed E-state index contributed by atoms with van der Waals surface area (Å²) in [7, 11) is 0. The molecular weight excluding hydrogens is 335 g/mol. The minimum absolute atomic E-state index is 0.957. The third-order valence-corrected chi connectivity index (χ3v) is 6.23. The number of unbranched alkanes of at least 4 members (excludes halogenated alkanes) is 15. The number of hydrogen-bond acceptors (Lipinski definition) is 0. The van der Waals surface area contributed by atoms with Gasteiger partial charge in [0.25, 0.3) is 0 Å². The van der Waals surface area contributed by atoms with Crippen molar-refractivity contribution < 1.29 is 0 Å². The summed E-state index contributed by atoms with van der Waals surface area (Å²) in [5, 5.41) is 0. The molecule has 0 atom stereocenters. The summed E-state index contributed by atoms with van der Waals surface area (Å²) in [5.74, 6) is 0. The van der Waals surface area contributed by atoms with E-state index in [4.69, 9.17) is 0 Å². The number of hydrogen-bond donors (Lipinski definition) is 0. The zero-order valence-corrected chi connectivity index (χ0v) is 19.7. The first-order chi connectivity index (χ1) is 9.41. The van der Waals surface area contributed by atoms with Gasteiger partial charge in [-0.15, -0.1) is 0 Å². The Kier molecular flexibility index (Phi) is 19.6. The van der Waals surface area contributed by atoms with Gasteiger partial charge in [-0.1, -0.05) is 39.0 Å². The molecule has 0 aromatic rings. The molecule has 0 saturated heterocycles. The van der Waals surface area contributed by atoms with Gasteiger partial charge in [0.2, 0.25) is 0 Å². The number of rotatable bonds is 16. The van der Waals surface area contributed by atoms with Crippen LogP contribution in [0.5, 0.6) is 0 Å². The zero-order chi connectivity index (χ0) is 14.0. The van der Waals surface area contributed by atoms with Crippen molar-refractivity contribution in [2.24, 2.45) is 0 Å². The van der Waals surface area contributed by atoms with E-state index in [0.29, 0.717) is 0 Å². The monoisotopic (exact) mass is 376 g/mol. The van der Waals surface area contributed by atoms with E-state index >= 15 is 0 Å². The summed E-state index contributed by atoms with van der Waals surface area (Å²) >= 11 is 0.957. The summed E-state index contributed by atoms with van der Waals surface area (Å²) < 4.78 is 1.58. The Bertz CT molecular complexity index is 129. The standard InChI is InChI=1S/C18H37.Sn.3H/c1-3-5-7-9-11-13-15-17-18-16-14-12-10-8-6-4-2;;;;/h1,3-18H2,2H3;;;;. The Labute approximate surface area is 136 Å². The van der Waals surface area contributed by atoms with Crippen molar-refractivity contribution in [1.82, 2.24) is 0 Å². The summed E-state index contributed by atoms with van der Waals surface area (Å²) in [4.78, 5) is 0. The Morgan fingerprint density at radius 1 is 0.421 bits per heavy atom. The van der Waals surface area contributed by atoms with Gasteiger partial charge in [0.05, 0.1) is 0 Å². The van der Waals surface area contributed by atoms with Gasteiger partial charge < -0.3 is 0 Å². The molecule has 0 rings (SSSR count). The average molecular weight is 375 g/mol. The molecule has 0 radical (unpaired) electrons. The van der Waals surface area contributed by atoms with Crippen LogP contribution >= 0.6 is 0 Å². The summed E-state index contributed by atoms with van der Waals surface area (Å²) in [6.07, 6.45) is 23.8. The first kappa shape index (κ1) is 19.8. The van der Waals surface area contributed by atoms with Crippen molar-refractivity contribution >= 4 is 22.5 Å². The molecule has 0 spiro atoms. The van der Waals surface area contributed by atoms with Crippen LogP contribution in [0.25, 0.3) is 0 Å². The molecule has 0 aliphatic carbocycles. The van der Waals surface area contributed by atoms with E-state index < -0.39 is 0 Å². The zero-order valence-electron chi connectivity index (χ0n) is 14.0. The fourth-order valence-corrected chi connectivity index (χ4v) is 4.23. The Morgan fingerprint density at radius 2 is 0.684 bits per heavy atom. The topological polar surface area (TPSA) is 0 Å². The van der Waals surface area contributed by atoms with Gasteiger partial charge >= 0.3 is 97.6 Å².